The van der Waals surface area contributed by atoms with Crippen molar-refractivity contribution in [2.75, 3.05) is 7.05 Å². The number of nitrogens with two attached hydrogens (primary N) is 1. The van der Waals surface area contributed by atoms with Crippen molar-refractivity contribution in [3.8, 4) is 0 Å². The SMILES string of the molecule is CCCC(C)(CCC=C(C)C)c1ccccc1.CN. The van der Waals surface area contributed by atoms with Crippen LogP contribution >= 0.6 is 0 Å². The van der Waals surface area contributed by atoms with Crippen LogP contribution in [0.2, 0.25) is 0 Å². The van der Waals surface area contributed by atoms with Crippen molar-refractivity contribution in [3.63, 3.8) is 0 Å². The van der Waals surface area contributed by atoms with Gasteiger partial charge in [0.2, 0.25) is 0 Å². The van der Waals surface area contributed by atoms with Gasteiger partial charge in [0.1, 0.15) is 0 Å². The molecule has 1 heteroatoms. The standard InChI is InChI=1S/C17H26.CH5N/c1-5-13-17(4,14-9-10-15(2)3)16-11-7-6-8-12-16;1-2/h6-8,10-12H,5,9,13-14H2,1-4H3;2H2,1H3. The predicted octanol–water partition coefficient (Wildman–Crippen LogP) is 5.07. The largest absolute Gasteiger partial charge is 0.333 e. The van der Waals surface area contributed by atoms with Crippen molar-refractivity contribution in [3.05, 3.63) is 47.5 Å². The highest BCUT2D eigenvalue weighted by molar-refractivity contribution is 5.24. The summed E-state index contributed by atoms with van der Waals surface area (Å²) in [6, 6.07) is 11.0. The third-order valence-corrected chi connectivity index (χ3v) is 3.52. The van der Waals surface area contributed by atoms with Crippen LogP contribution in [0.3, 0.4) is 0 Å². The number of hydrogen-bond acceptors (Lipinski definition) is 1. The second-order valence-electron chi connectivity index (χ2n) is 5.50. The fraction of sp³-hybridized carbons (Fsp3) is 0.556. The van der Waals surface area contributed by atoms with Crippen LogP contribution < -0.4 is 5.73 Å². The van der Waals surface area contributed by atoms with Crippen molar-refractivity contribution >= 4 is 0 Å². The molecule has 1 atom stereocenters. The van der Waals surface area contributed by atoms with E-state index in [4.69, 9.17) is 0 Å². The summed E-state index contributed by atoms with van der Waals surface area (Å²) in [7, 11) is 1.50. The van der Waals surface area contributed by atoms with Gasteiger partial charge in [-0.15, -0.1) is 0 Å². The first-order valence-electron chi connectivity index (χ1n) is 7.35. The Kier molecular flexibility index (Phi) is 9.24. The molecule has 1 rings (SSSR count). The molecule has 2 N–H and O–H groups in total. The second kappa shape index (κ2) is 9.80. The van der Waals surface area contributed by atoms with Crippen LogP contribution in [0.1, 0.15) is 58.9 Å². The van der Waals surface area contributed by atoms with E-state index in [9.17, 15) is 0 Å². The Balaban J connectivity index is 0.00000154. The number of benzene rings is 1. The molecule has 0 aliphatic carbocycles. The van der Waals surface area contributed by atoms with Crippen LogP contribution in [0.5, 0.6) is 0 Å². The van der Waals surface area contributed by atoms with Gasteiger partial charge >= 0.3 is 0 Å². The number of allylic oxidation sites excluding steroid dienone is 2. The lowest BCUT2D eigenvalue weighted by Crippen LogP contribution is -2.21. The molecule has 0 saturated carbocycles. The maximum absolute atomic E-state index is 4.50. The quantitative estimate of drug-likeness (QED) is 0.711. The van der Waals surface area contributed by atoms with Crippen LogP contribution in [-0.2, 0) is 5.41 Å². The zero-order valence-corrected chi connectivity index (χ0v) is 13.4. The molecule has 0 heterocycles. The molecule has 0 bridgehead atoms. The van der Waals surface area contributed by atoms with Gasteiger partial charge in [0, 0.05) is 0 Å². The zero-order chi connectivity index (χ0) is 14.7. The molecule has 108 valence electrons. The van der Waals surface area contributed by atoms with Gasteiger partial charge in [-0.2, -0.15) is 0 Å². The molecular weight excluding hydrogens is 230 g/mol. The average molecular weight is 261 g/mol. The Morgan fingerprint density at radius 1 is 1.11 bits per heavy atom. The normalized spacial score (nSPS) is 12.9. The second-order valence-corrected chi connectivity index (χ2v) is 5.50. The summed E-state index contributed by atoms with van der Waals surface area (Å²) < 4.78 is 0. The number of rotatable bonds is 6. The lowest BCUT2D eigenvalue weighted by Gasteiger charge is -2.29. The molecule has 0 aliphatic heterocycles. The smallest absolute Gasteiger partial charge is 0.00724 e. The van der Waals surface area contributed by atoms with Gasteiger partial charge < -0.3 is 5.73 Å². The maximum atomic E-state index is 4.50. The lowest BCUT2D eigenvalue weighted by atomic mass is 9.75. The summed E-state index contributed by atoms with van der Waals surface area (Å²) in [5.41, 5.74) is 7.75. The van der Waals surface area contributed by atoms with Crippen molar-refractivity contribution in [2.45, 2.75) is 58.8 Å². The predicted molar refractivity (Wildman–Crippen MR) is 87.5 cm³/mol. The van der Waals surface area contributed by atoms with Gasteiger partial charge in [-0.3, -0.25) is 0 Å². The lowest BCUT2D eigenvalue weighted by molar-refractivity contribution is 0.399. The molecule has 0 saturated heterocycles. The Hall–Kier alpha value is -1.08. The highest BCUT2D eigenvalue weighted by Crippen LogP contribution is 2.33. The van der Waals surface area contributed by atoms with Crippen molar-refractivity contribution in [1.82, 2.24) is 0 Å². The van der Waals surface area contributed by atoms with Crippen LogP contribution in [0.25, 0.3) is 0 Å². The van der Waals surface area contributed by atoms with Crippen molar-refractivity contribution < 1.29 is 0 Å². The zero-order valence-electron chi connectivity index (χ0n) is 13.4. The molecule has 0 amide bonds. The minimum absolute atomic E-state index is 0.335. The summed E-state index contributed by atoms with van der Waals surface area (Å²) in [5, 5.41) is 0. The minimum atomic E-state index is 0.335. The fourth-order valence-electron chi connectivity index (χ4n) is 2.49. The van der Waals surface area contributed by atoms with Crippen LogP contribution in [-0.4, -0.2) is 7.05 Å². The van der Waals surface area contributed by atoms with E-state index in [2.05, 4.69) is 69.8 Å². The molecule has 1 unspecified atom stereocenters. The van der Waals surface area contributed by atoms with Crippen LogP contribution in [0, 0.1) is 0 Å². The highest BCUT2D eigenvalue weighted by Gasteiger charge is 2.24. The molecule has 0 radical (unpaired) electrons. The van der Waals surface area contributed by atoms with E-state index >= 15 is 0 Å². The average Bonchev–Trinajstić information content (AvgIpc) is 2.42. The Morgan fingerprint density at radius 2 is 1.68 bits per heavy atom. The van der Waals surface area contributed by atoms with Crippen LogP contribution in [0.15, 0.2) is 42.0 Å². The molecular formula is C18H31N. The first-order valence-corrected chi connectivity index (χ1v) is 7.35. The van der Waals surface area contributed by atoms with Gasteiger partial charge in [-0.05, 0) is 51.1 Å². The van der Waals surface area contributed by atoms with Gasteiger partial charge in [-0.1, -0.05) is 62.2 Å². The van der Waals surface area contributed by atoms with E-state index < -0.39 is 0 Å². The van der Waals surface area contributed by atoms with E-state index in [-0.39, 0.29) is 0 Å². The summed E-state index contributed by atoms with van der Waals surface area (Å²) in [5.74, 6) is 0. The minimum Gasteiger partial charge on any atom is -0.333 e. The van der Waals surface area contributed by atoms with Crippen molar-refractivity contribution in [2.24, 2.45) is 5.73 Å². The van der Waals surface area contributed by atoms with E-state index in [1.54, 1.807) is 0 Å². The molecule has 0 spiro atoms. The summed E-state index contributed by atoms with van der Waals surface area (Å²) in [6.07, 6.45) is 7.31. The first-order chi connectivity index (χ1) is 9.08. The van der Waals surface area contributed by atoms with Gasteiger partial charge in [-0.25, -0.2) is 0 Å². The third-order valence-electron chi connectivity index (χ3n) is 3.52. The molecule has 0 aromatic heterocycles. The molecule has 0 fully saturated rings. The van der Waals surface area contributed by atoms with E-state index in [1.807, 2.05) is 0 Å². The molecule has 0 aliphatic rings. The van der Waals surface area contributed by atoms with Gasteiger partial charge in [0.25, 0.3) is 0 Å². The molecule has 1 nitrogen and oxygen atoms in total. The van der Waals surface area contributed by atoms with Crippen molar-refractivity contribution in [1.29, 1.82) is 0 Å². The summed E-state index contributed by atoms with van der Waals surface area (Å²) >= 11 is 0. The third kappa shape index (κ3) is 6.58. The fourth-order valence-corrected chi connectivity index (χ4v) is 2.49. The van der Waals surface area contributed by atoms with Gasteiger partial charge in [0.15, 0.2) is 0 Å². The topological polar surface area (TPSA) is 26.0 Å². The van der Waals surface area contributed by atoms with Crippen LogP contribution in [0.4, 0.5) is 0 Å². The Labute approximate surface area is 119 Å². The van der Waals surface area contributed by atoms with E-state index in [0.717, 1.165) is 0 Å². The molecule has 19 heavy (non-hydrogen) atoms. The molecule has 1 aromatic rings. The Bertz CT molecular complexity index is 349. The van der Waals surface area contributed by atoms with E-state index in [1.165, 1.54) is 43.9 Å². The first kappa shape index (κ1) is 17.9. The van der Waals surface area contributed by atoms with E-state index in [0.29, 0.717) is 5.41 Å². The maximum Gasteiger partial charge on any atom is -0.00724 e. The summed E-state index contributed by atoms with van der Waals surface area (Å²) in [6.45, 7) is 9.05. The Morgan fingerprint density at radius 3 is 2.16 bits per heavy atom. The monoisotopic (exact) mass is 261 g/mol. The highest BCUT2D eigenvalue weighted by atomic mass is 14.4. The van der Waals surface area contributed by atoms with Gasteiger partial charge in [0.05, 0.1) is 0 Å². The number of hydrogen-bond donors (Lipinski definition) is 1. The molecule has 1 aromatic carbocycles. The summed E-state index contributed by atoms with van der Waals surface area (Å²) in [4.78, 5) is 0.